The van der Waals surface area contributed by atoms with Crippen LogP contribution < -0.4 is 16.4 Å². The molecule has 21 heavy (non-hydrogen) atoms. The number of benzene rings is 1. The van der Waals surface area contributed by atoms with Gasteiger partial charge in [-0.05, 0) is 25.3 Å². The summed E-state index contributed by atoms with van der Waals surface area (Å²) in [6.45, 7) is 5.53. The van der Waals surface area contributed by atoms with Crippen molar-refractivity contribution in [3.8, 4) is 0 Å². The maximum Gasteiger partial charge on any atom is 0.312 e. The van der Waals surface area contributed by atoms with Crippen molar-refractivity contribution >= 4 is 17.6 Å². The number of aliphatic hydroxyl groups excluding tert-OH is 1. The number of hydrogen-bond acceptors (Lipinski definition) is 3. The minimum atomic E-state index is -0.736. The molecular weight excluding hydrogens is 270 g/mol. The molecule has 0 spiro atoms. The van der Waals surface area contributed by atoms with Crippen molar-refractivity contribution in [3.63, 3.8) is 0 Å². The molecule has 0 aromatic heterocycles. The molecule has 0 heterocycles. The van der Waals surface area contributed by atoms with Gasteiger partial charge in [0.05, 0.1) is 6.10 Å². The Morgan fingerprint density at radius 3 is 2.38 bits per heavy atom. The molecule has 1 rings (SSSR count). The Morgan fingerprint density at radius 1 is 1.24 bits per heavy atom. The third-order valence-electron chi connectivity index (χ3n) is 3.01. The normalized spacial score (nSPS) is 13.6. The topological polar surface area (TPSA) is 104 Å². The smallest absolute Gasteiger partial charge is 0.312 e. The minimum Gasteiger partial charge on any atom is -0.389 e. The van der Waals surface area contributed by atoms with Crippen molar-refractivity contribution in [2.75, 3.05) is 5.32 Å². The molecule has 0 aliphatic rings. The molecule has 0 aliphatic heterocycles. The fourth-order valence-corrected chi connectivity index (χ4v) is 2.07. The summed E-state index contributed by atoms with van der Waals surface area (Å²) in [4.78, 5) is 23.3. The maximum absolute atomic E-state index is 12.3. The Morgan fingerprint density at radius 2 is 1.86 bits per heavy atom. The lowest BCUT2D eigenvalue weighted by Gasteiger charge is -2.20. The van der Waals surface area contributed by atoms with E-state index in [4.69, 9.17) is 5.73 Å². The number of primary amides is 1. The number of nitrogens with one attached hydrogen (secondary N) is 2. The summed E-state index contributed by atoms with van der Waals surface area (Å²) < 4.78 is 0. The van der Waals surface area contributed by atoms with Gasteiger partial charge < -0.3 is 21.5 Å². The second-order valence-corrected chi connectivity index (χ2v) is 5.44. The van der Waals surface area contributed by atoms with Gasteiger partial charge in [-0.2, -0.15) is 0 Å². The zero-order valence-electron chi connectivity index (χ0n) is 12.6. The second-order valence-electron chi connectivity index (χ2n) is 5.44. The van der Waals surface area contributed by atoms with Crippen molar-refractivity contribution in [1.29, 1.82) is 0 Å². The number of para-hydroxylation sites is 1. The molecule has 6 heteroatoms. The number of hydrogen-bond donors (Lipinski definition) is 4. The highest BCUT2D eigenvalue weighted by Gasteiger charge is 2.22. The average Bonchev–Trinajstić information content (AvgIpc) is 2.37. The summed E-state index contributed by atoms with van der Waals surface area (Å²) in [5.74, 6) is -0.129. The van der Waals surface area contributed by atoms with E-state index in [2.05, 4.69) is 10.6 Å². The third-order valence-corrected chi connectivity index (χ3v) is 3.01. The number of nitrogens with two attached hydrogens (primary N) is 1. The van der Waals surface area contributed by atoms with Crippen LogP contribution in [0.2, 0.25) is 0 Å². The van der Waals surface area contributed by atoms with Gasteiger partial charge in [0, 0.05) is 11.3 Å². The van der Waals surface area contributed by atoms with E-state index < -0.39 is 18.2 Å². The first-order valence-electron chi connectivity index (χ1n) is 6.95. The SMILES string of the molecule is CC(C)CC(NC(N)=O)C(=O)Nc1ccccc1C(C)O. The Labute approximate surface area is 124 Å². The Balaban J connectivity index is 2.88. The summed E-state index contributed by atoms with van der Waals surface area (Å²) in [6.07, 6.45) is -0.222. The molecular formula is C15H23N3O3. The predicted molar refractivity (Wildman–Crippen MR) is 81.7 cm³/mol. The van der Waals surface area contributed by atoms with Crippen LogP contribution >= 0.6 is 0 Å². The number of anilines is 1. The molecule has 0 fully saturated rings. The van der Waals surface area contributed by atoms with Crippen molar-refractivity contribution in [1.82, 2.24) is 5.32 Å². The van der Waals surface area contributed by atoms with E-state index in [1.807, 2.05) is 13.8 Å². The summed E-state index contributed by atoms with van der Waals surface area (Å²) in [7, 11) is 0. The summed E-state index contributed by atoms with van der Waals surface area (Å²) >= 11 is 0. The van der Waals surface area contributed by atoms with Crippen LogP contribution in [0.15, 0.2) is 24.3 Å². The van der Waals surface area contributed by atoms with Crippen LogP contribution in [0.25, 0.3) is 0 Å². The molecule has 0 bridgehead atoms. The summed E-state index contributed by atoms with van der Waals surface area (Å²) in [5.41, 5.74) is 6.25. The fraction of sp³-hybridized carbons (Fsp3) is 0.467. The number of aliphatic hydroxyl groups is 1. The zero-order chi connectivity index (χ0) is 16.0. The molecule has 0 aliphatic carbocycles. The largest absolute Gasteiger partial charge is 0.389 e. The first kappa shape index (κ1) is 17.0. The van der Waals surface area contributed by atoms with Crippen LogP contribution in [0.3, 0.4) is 0 Å². The van der Waals surface area contributed by atoms with E-state index in [-0.39, 0.29) is 11.8 Å². The Kier molecular flexibility index (Phi) is 6.17. The van der Waals surface area contributed by atoms with Gasteiger partial charge in [0.1, 0.15) is 6.04 Å². The zero-order valence-corrected chi connectivity index (χ0v) is 12.6. The van der Waals surface area contributed by atoms with Gasteiger partial charge in [-0.3, -0.25) is 4.79 Å². The monoisotopic (exact) mass is 293 g/mol. The van der Waals surface area contributed by atoms with Crippen molar-refractivity contribution in [2.24, 2.45) is 11.7 Å². The maximum atomic E-state index is 12.3. The van der Waals surface area contributed by atoms with Gasteiger partial charge in [-0.15, -0.1) is 0 Å². The molecule has 0 radical (unpaired) electrons. The van der Waals surface area contributed by atoms with Gasteiger partial charge in [-0.25, -0.2) is 4.79 Å². The molecule has 0 saturated carbocycles. The Bertz CT molecular complexity index is 501. The average molecular weight is 293 g/mol. The lowest BCUT2D eigenvalue weighted by atomic mass is 10.0. The standard InChI is InChI=1S/C15H23N3O3/c1-9(2)8-13(18-15(16)21)14(20)17-12-7-5-4-6-11(12)10(3)19/h4-7,9-10,13,19H,8H2,1-3H3,(H,17,20)(H3,16,18,21). The van der Waals surface area contributed by atoms with Crippen molar-refractivity contribution in [2.45, 2.75) is 39.3 Å². The van der Waals surface area contributed by atoms with Gasteiger partial charge >= 0.3 is 6.03 Å². The van der Waals surface area contributed by atoms with E-state index in [1.165, 1.54) is 0 Å². The molecule has 6 nitrogen and oxygen atoms in total. The first-order chi connectivity index (χ1) is 9.81. The van der Waals surface area contributed by atoms with E-state index in [0.29, 0.717) is 17.7 Å². The molecule has 1 aromatic rings. The van der Waals surface area contributed by atoms with Crippen LogP contribution in [0, 0.1) is 5.92 Å². The van der Waals surface area contributed by atoms with Crippen molar-refractivity contribution < 1.29 is 14.7 Å². The molecule has 5 N–H and O–H groups in total. The highest BCUT2D eigenvalue weighted by atomic mass is 16.3. The van der Waals surface area contributed by atoms with E-state index >= 15 is 0 Å². The number of rotatable bonds is 6. The van der Waals surface area contributed by atoms with Gasteiger partial charge in [0.15, 0.2) is 0 Å². The quantitative estimate of drug-likeness (QED) is 0.642. The first-order valence-corrected chi connectivity index (χ1v) is 6.95. The van der Waals surface area contributed by atoms with Crippen molar-refractivity contribution in [3.05, 3.63) is 29.8 Å². The molecule has 116 valence electrons. The molecule has 2 unspecified atom stereocenters. The summed E-state index contributed by atoms with van der Waals surface area (Å²) in [5, 5.41) is 14.9. The molecule has 1 aromatic carbocycles. The van der Waals surface area contributed by atoms with E-state index in [0.717, 1.165) is 0 Å². The molecule has 0 saturated heterocycles. The minimum absolute atomic E-state index is 0.222. The summed E-state index contributed by atoms with van der Waals surface area (Å²) in [6, 6.07) is 5.55. The van der Waals surface area contributed by atoms with Crippen LogP contribution in [-0.2, 0) is 4.79 Å². The van der Waals surface area contributed by atoms with Gasteiger partial charge in [0.2, 0.25) is 5.91 Å². The van der Waals surface area contributed by atoms with Gasteiger partial charge in [-0.1, -0.05) is 32.0 Å². The predicted octanol–water partition coefficient (Wildman–Crippen LogP) is 1.76. The highest BCUT2D eigenvalue weighted by molar-refractivity contribution is 5.97. The third kappa shape index (κ3) is 5.43. The van der Waals surface area contributed by atoms with Crippen LogP contribution in [0.4, 0.5) is 10.5 Å². The van der Waals surface area contributed by atoms with Crippen LogP contribution in [0.1, 0.15) is 38.9 Å². The van der Waals surface area contributed by atoms with Crippen LogP contribution in [0.5, 0.6) is 0 Å². The second kappa shape index (κ2) is 7.64. The van der Waals surface area contributed by atoms with E-state index in [9.17, 15) is 14.7 Å². The lowest BCUT2D eigenvalue weighted by molar-refractivity contribution is -0.118. The number of carbonyl (C=O) groups excluding carboxylic acids is 2. The number of carbonyl (C=O) groups is 2. The lowest BCUT2D eigenvalue weighted by Crippen LogP contribution is -2.46. The molecule has 2 atom stereocenters. The van der Waals surface area contributed by atoms with Crippen LogP contribution in [-0.4, -0.2) is 23.1 Å². The molecule has 3 amide bonds. The van der Waals surface area contributed by atoms with E-state index in [1.54, 1.807) is 31.2 Å². The number of urea groups is 1. The van der Waals surface area contributed by atoms with Gasteiger partial charge in [0.25, 0.3) is 0 Å². The fourth-order valence-electron chi connectivity index (χ4n) is 2.07. The number of amides is 3. The Hall–Kier alpha value is -2.08. The highest BCUT2D eigenvalue weighted by Crippen LogP contribution is 2.22.